The van der Waals surface area contributed by atoms with Crippen LogP contribution in [0.3, 0.4) is 0 Å². The summed E-state index contributed by atoms with van der Waals surface area (Å²) in [6, 6.07) is 19.3. The van der Waals surface area contributed by atoms with Gasteiger partial charge in [-0.2, -0.15) is 5.26 Å². The molecule has 0 unspecified atom stereocenters. The summed E-state index contributed by atoms with van der Waals surface area (Å²) < 4.78 is 11.1. The van der Waals surface area contributed by atoms with E-state index in [-0.39, 0.29) is 17.9 Å². The molecule has 3 aromatic rings. The first-order valence-corrected chi connectivity index (χ1v) is 11.2. The van der Waals surface area contributed by atoms with Crippen LogP contribution in [0, 0.1) is 25.0 Å². The van der Waals surface area contributed by atoms with Gasteiger partial charge in [0.05, 0.1) is 21.2 Å². The van der Waals surface area contributed by atoms with Gasteiger partial charge in [-0.15, -0.1) is 0 Å². The molecule has 0 aliphatic rings. The number of nitro groups is 1. The van der Waals surface area contributed by atoms with Gasteiger partial charge in [0.2, 0.25) is 0 Å². The Kier molecular flexibility index (Phi) is 8.53. The maximum atomic E-state index is 12.5. The molecule has 1 amide bonds. The topological polar surface area (TPSA) is 132 Å². The molecule has 0 aliphatic heterocycles. The summed E-state index contributed by atoms with van der Waals surface area (Å²) in [7, 11) is 1.28. The average Bonchev–Trinajstić information content (AvgIpc) is 2.86. The molecule has 0 aliphatic carbocycles. The number of nitrogens with zero attached hydrogens (tertiary/aromatic N) is 2. The highest BCUT2D eigenvalue weighted by Gasteiger charge is 2.12. The van der Waals surface area contributed by atoms with Crippen molar-refractivity contribution >= 4 is 51.9 Å². The van der Waals surface area contributed by atoms with Crippen LogP contribution >= 0.6 is 22.6 Å². The van der Waals surface area contributed by atoms with Crippen LogP contribution in [0.1, 0.15) is 21.5 Å². The minimum atomic E-state index is -0.598. The second-order valence-electron chi connectivity index (χ2n) is 7.10. The van der Waals surface area contributed by atoms with Gasteiger partial charge in [0.1, 0.15) is 24.0 Å². The highest BCUT2D eigenvalue weighted by Crippen LogP contribution is 2.25. The van der Waals surface area contributed by atoms with Crippen LogP contribution in [-0.2, 0) is 16.1 Å². The quantitative estimate of drug-likeness (QED) is 0.0974. The molecule has 176 valence electrons. The van der Waals surface area contributed by atoms with Gasteiger partial charge in [0.25, 0.3) is 11.6 Å². The summed E-state index contributed by atoms with van der Waals surface area (Å²) in [5, 5.41) is 23.0. The summed E-state index contributed by atoms with van der Waals surface area (Å²) in [4.78, 5) is 34.5. The van der Waals surface area contributed by atoms with Crippen molar-refractivity contribution < 1.29 is 24.0 Å². The van der Waals surface area contributed by atoms with Gasteiger partial charge >= 0.3 is 5.97 Å². The SMILES string of the molecule is COC(=O)c1ccc(NC(=O)/C(C#N)=C/c2ccc(OCc3cccc([N+](=O)[O-])c3)c(I)c2)cc1. The zero-order valence-corrected chi connectivity index (χ0v) is 20.5. The number of anilines is 1. The fourth-order valence-corrected chi connectivity index (χ4v) is 3.66. The number of carbonyl (C=O) groups excluding carboxylic acids is 2. The minimum absolute atomic E-state index is 0.0111. The average molecular weight is 583 g/mol. The number of halogens is 1. The Bertz CT molecular complexity index is 1350. The highest BCUT2D eigenvalue weighted by atomic mass is 127. The van der Waals surface area contributed by atoms with E-state index in [1.807, 2.05) is 6.07 Å². The third kappa shape index (κ3) is 6.87. The third-order valence-corrected chi connectivity index (χ3v) is 5.55. The van der Waals surface area contributed by atoms with Crippen LogP contribution in [0.2, 0.25) is 0 Å². The number of nitro benzene ring substituents is 1. The molecule has 0 spiro atoms. The predicted molar refractivity (Wildman–Crippen MR) is 137 cm³/mol. The van der Waals surface area contributed by atoms with Crippen LogP contribution in [-0.4, -0.2) is 23.9 Å². The van der Waals surface area contributed by atoms with Crippen molar-refractivity contribution in [1.29, 1.82) is 5.26 Å². The van der Waals surface area contributed by atoms with Gasteiger partial charge in [-0.3, -0.25) is 14.9 Å². The maximum Gasteiger partial charge on any atom is 0.337 e. The number of benzene rings is 3. The van der Waals surface area contributed by atoms with Crippen molar-refractivity contribution in [3.8, 4) is 11.8 Å². The number of rotatable bonds is 8. The second kappa shape index (κ2) is 11.8. The van der Waals surface area contributed by atoms with E-state index in [1.165, 1.54) is 49.6 Å². The van der Waals surface area contributed by atoms with E-state index in [4.69, 9.17) is 4.74 Å². The monoisotopic (exact) mass is 583 g/mol. The normalized spacial score (nSPS) is 10.7. The number of carbonyl (C=O) groups is 2. The van der Waals surface area contributed by atoms with Gasteiger partial charge in [0, 0.05) is 17.8 Å². The summed E-state index contributed by atoms with van der Waals surface area (Å²) in [5.41, 5.74) is 1.91. The van der Waals surface area contributed by atoms with E-state index in [9.17, 15) is 25.0 Å². The summed E-state index contributed by atoms with van der Waals surface area (Å²) >= 11 is 2.07. The molecule has 0 fully saturated rings. The number of hydrogen-bond acceptors (Lipinski definition) is 7. The van der Waals surface area contributed by atoms with Gasteiger partial charge in [-0.1, -0.05) is 18.2 Å². The summed E-state index contributed by atoms with van der Waals surface area (Å²) in [6.45, 7) is 0.146. The maximum absolute atomic E-state index is 12.5. The third-order valence-electron chi connectivity index (χ3n) is 4.71. The van der Waals surface area contributed by atoms with Gasteiger partial charge in [-0.05, 0) is 76.2 Å². The first-order chi connectivity index (χ1) is 16.8. The number of hydrogen-bond donors (Lipinski definition) is 1. The van der Waals surface area contributed by atoms with Crippen molar-refractivity contribution in [3.63, 3.8) is 0 Å². The number of ether oxygens (including phenoxy) is 2. The molecule has 1 N–H and O–H groups in total. The number of esters is 1. The molecule has 0 heterocycles. The first-order valence-electron chi connectivity index (χ1n) is 10.1. The van der Waals surface area contributed by atoms with E-state index in [1.54, 1.807) is 30.3 Å². The summed E-state index contributed by atoms with van der Waals surface area (Å²) in [6.07, 6.45) is 1.45. The number of amides is 1. The Labute approximate surface area is 214 Å². The van der Waals surface area contributed by atoms with Gasteiger partial charge in [-0.25, -0.2) is 4.79 Å². The minimum Gasteiger partial charge on any atom is -0.488 e. The Balaban J connectivity index is 1.68. The lowest BCUT2D eigenvalue weighted by Crippen LogP contribution is -2.13. The number of nitrogens with one attached hydrogen (secondary N) is 1. The molecule has 0 saturated carbocycles. The number of non-ortho nitro benzene ring substituents is 1. The fraction of sp³-hybridized carbons (Fsp3) is 0.0800. The van der Waals surface area contributed by atoms with E-state index in [2.05, 4.69) is 32.6 Å². The van der Waals surface area contributed by atoms with Crippen LogP contribution in [0.25, 0.3) is 6.08 Å². The lowest BCUT2D eigenvalue weighted by Gasteiger charge is -2.09. The van der Waals surface area contributed by atoms with Crippen LogP contribution in [0.5, 0.6) is 5.75 Å². The van der Waals surface area contributed by atoms with Gasteiger partial charge in [0.15, 0.2) is 0 Å². The highest BCUT2D eigenvalue weighted by molar-refractivity contribution is 14.1. The molecule has 0 aromatic heterocycles. The van der Waals surface area contributed by atoms with Crippen LogP contribution in [0.15, 0.2) is 72.3 Å². The second-order valence-corrected chi connectivity index (χ2v) is 8.26. The Hall–Kier alpha value is -4.24. The Morgan fingerprint density at radius 3 is 2.51 bits per heavy atom. The molecule has 0 bridgehead atoms. The zero-order valence-electron chi connectivity index (χ0n) is 18.4. The molecule has 0 atom stereocenters. The molecule has 10 heteroatoms. The van der Waals surface area contributed by atoms with E-state index in [0.717, 1.165) is 3.57 Å². The smallest absolute Gasteiger partial charge is 0.337 e. The molecule has 3 rings (SSSR count). The van der Waals surface area contributed by atoms with E-state index >= 15 is 0 Å². The fourth-order valence-electron chi connectivity index (χ4n) is 2.97. The standard InChI is InChI=1S/C25H18IN3O6/c1-34-25(31)18-6-8-20(9-7-18)28-24(30)19(14-27)11-16-5-10-23(22(26)13-16)35-15-17-3-2-4-21(12-17)29(32)33/h2-13H,15H2,1H3,(H,28,30)/b19-11+. The van der Waals surface area contributed by atoms with Crippen molar-refractivity contribution in [2.45, 2.75) is 6.61 Å². The van der Waals surface area contributed by atoms with Crippen molar-refractivity contribution in [3.05, 3.63) is 103 Å². The Morgan fingerprint density at radius 2 is 1.89 bits per heavy atom. The van der Waals surface area contributed by atoms with Crippen molar-refractivity contribution in [2.75, 3.05) is 12.4 Å². The predicted octanol–water partition coefficient (Wildman–Crippen LogP) is 5.11. The lowest BCUT2D eigenvalue weighted by atomic mass is 10.1. The number of nitriles is 1. The van der Waals surface area contributed by atoms with Crippen LogP contribution in [0.4, 0.5) is 11.4 Å². The van der Waals surface area contributed by atoms with E-state index in [0.29, 0.717) is 28.1 Å². The lowest BCUT2D eigenvalue weighted by molar-refractivity contribution is -0.384. The molecular weight excluding hydrogens is 565 g/mol. The molecule has 3 aromatic carbocycles. The van der Waals surface area contributed by atoms with Crippen LogP contribution < -0.4 is 10.1 Å². The van der Waals surface area contributed by atoms with Gasteiger partial charge < -0.3 is 14.8 Å². The zero-order chi connectivity index (χ0) is 25.4. The molecule has 35 heavy (non-hydrogen) atoms. The molecule has 9 nitrogen and oxygen atoms in total. The Morgan fingerprint density at radius 1 is 1.14 bits per heavy atom. The van der Waals surface area contributed by atoms with Crippen molar-refractivity contribution in [1.82, 2.24) is 0 Å². The largest absolute Gasteiger partial charge is 0.488 e. The number of methoxy groups -OCH3 is 1. The molecule has 0 saturated heterocycles. The molecule has 0 radical (unpaired) electrons. The first kappa shape index (κ1) is 25.4. The molecular formula is C25H18IN3O6. The summed E-state index contributed by atoms with van der Waals surface area (Å²) in [5.74, 6) is -0.533. The van der Waals surface area contributed by atoms with E-state index < -0.39 is 16.8 Å². The van der Waals surface area contributed by atoms with Crippen molar-refractivity contribution in [2.24, 2.45) is 0 Å².